The molecule has 3 N–H and O–H groups in total. The normalized spacial score (nSPS) is 24.7. The number of likely N-dealkylation sites (tertiary alicyclic amines) is 1. The van der Waals surface area contributed by atoms with Crippen molar-refractivity contribution in [3.05, 3.63) is 0 Å². The smallest absolute Gasteiger partial charge is 0.241 e. The van der Waals surface area contributed by atoms with Crippen LogP contribution in [0.2, 0.25) is 0 Å². The van der Waals surface area contributed by atoms with Crippen LogP contribution >= 0.6 is 12.4 Å². The molecule has 1 aliphatic carbocycles. The lowest BCUT2D eigenvalue weighted by molar-refractivity contribution is -0.135. The summed E-state index contributed by atoms with van der Waals surface area (Å²) in [5.41, 5.74) is 6.04. The number of hydrogen-bond donors (Lipinski definition) is 2. The lowest BCUT2D eigenvalue weighted by Gasteiger charge is -2.42. The Hall–Kier alpha value is -0.810. The van der Waals surface area contributed by atoms with E-state index in [9.17, 15) is 9.59 Å². The average molecular weight is 346 g/mol. The second-order valence-electron chi connectivity index (χ2n) is 7.68. The monoisotopic (exact) mass is 345 g/mol. The standard InChI is InChI=1S/C17H31N3O2.ClH/c1-17(2)12-20(9-8-14(17)18)16(22)11-19-15(21)10-13-6-4-3-5-7-13;/h13-14H,3-12,18H2,1-2H3,(H,19,21);1H. The molecule has 1 atom stereocenters. The summed E-state index contributed by atoms with van der Waals surface area (Å²) in [6.07, 6.45) is 7.47. The second-order valence-corrected chi connectivity index (χ2v) is 7.68. The molecule has 0 radical (unpaired) electrons. The van der Waals surface area contributed by atoms with E-state index in [1.54, 1.807) is 0 Å². The van der Waals surface area contributed by atoms with E-state index in [0.29, 0.717) is 25.4 Å². The van der Waals surface area contributed by atoms with Gasteiger partial charge in [0.15, 0.2) is 0 Å². The second kappa shape index (κ2) is 8.88. The third-order valence-corrected chi connectivity index (χ3v) is 5.30. The molecule has 6 heteroatoms. The molecule has 0 aromatic carbocycles. The van der Waals surface area contributed by atoms with Crippen molar-refractivity contribution in [1.29, 1.82) is 0 Å². The molecule has 134 valence electrons. The van der Waals surface area contributed by atoms with E-state index < -0.39 is 0 Å². The number of halogens is 1. The fourth-order valence-electron chi connectivity index (χ4n) is 3.60. The third kappa shape index (κ3) is 5.96. The molecule has 1 saturated carbocycles. The number of rotatable bonds is 4. The van der Waals surface area contributed by atoms with E-state index in [0.717, 1.165) is 19.3 Å². The number of nitrogens with two attached hydrogens (primary N) is 1. The van der Waals surface area contributed by atoms with Gasteiger partial charge in [-0.2, -0.15) is 0 Å². The van der Waals surface area contributed by atoms with E-state index >= 15 is 0 Å². The summed E-state index contributed by atoms with van der Waals surface area (Å²) >= 11 is 0. The van der Waals surface area contributed by atoms with E-state index in [2.05, 4.69) is 19.2 Å². The highest BCUT2D eigenvalue weighted by molar-refractivity contribution is 5.85. The fourth-order valence-corrected chi connectivity index (χ4v) is 3.60. The van der Waals surface area contributed by atoms with Gasteiger partial charge in [0.25, 0.3) is 0 Å². The van der Waals surface area contributed by atoms with Crippen molar-refractivity contribution in [3.63, 3.8) is 0 Å². The van der Waals surface area contributed by atoms with Crippen LogP contribution in [0, 0.1) is 11.3 Å². The molecule has 23 heavy (non-hydrogen) atoms. The number of amides is 2. The Labute approximate surface area is 146 Å². The number of hydrogen-bond acceptors (Lipinski definition) is 3. The van der Waals surface area contributed by atoms with Crippen LogP contribution in [-0.4, -0.2) is 42.4 Å². The third-order valence-electron chi connectivity index (χ3n) is 5.30. The molecule has 0 spiro atoms. The van der Waals surface area contributed by atoms with Crippen LogP contribution in [0.15, 0.2) is 0 Å². The number of carbonyl (C=O) groups is 2. The highest BCUT2D eigenvalue weighted by Gasteiger charge is 2.35. The zero-order chi connectivity index (χ0) is 16.2. The van der Waals surface area contributed by atoms with Gasteiger partial charge in [-0.25, -0.2) is 0 Å². The first kappa shape index (κ1) is 20.2. The van der Waals surface area contributed by atoms with Gasteiger partial charge in [-0.15, -0.1) is 12.4 Å². The number of piperidine rings is 1. The Morgan fingerprint density at radius 2 is 1.83 bits per heavy atom. The Morgan fingerprint density at radius 1 is 1.17 bits per heavy atom. The average Bonchev–Trinajstić information content (AvgIpc) is 2.48. The maximum absolute atomic E-state index is 12.3. The molecule has 2 fully saturated rings. The van der Waals surface area contributed by atoms with Gasteiger partial charge in [0, 0.05) is 25.6 Å². The molecule has 5 nitrogen and oxygen atoms in total. The van der Waals surface area contributed by atoms with Crippen LogP contribution in [0.3, 0.4) is 0 Å². The van der Waals surface area contributed by atoms with E-state index in [-0.39, 0.29) is 42.2 Å². The number of carbonyl (C=O) groups excluding carboxylic acids is 2. The SMILES string of the molecule is CC1(C)CN(C(=O)CNC(=O)CC2CCCCC2)CCC1N.Cl. The molecular weight excluding hydrogens is 314 g/mol. The minimum atomic E-state index is -0.0555. The molecule has 2 aliphatic rings. The number of nitrogens with zero attached hydrogens (tertiary/aromatic N) is 1. The molecule has 0 aromatic heterocycles. The molecule has 1 aliphatic heterocycles. The van der Waals surface area contributed by atoms with E-state index in [4.69, 9.17) is 5.73 Å². The predicted octanol–water partition coefficient (Wildman–Crippen LogP) is 2.08. The Morgan fingerprint density at radius 3 is 2.43 bits per heavy atom. The van der Waals surface area contributed by atoms with Gasteiger partial charge in [-0.3, -0.25) is 9.59 Å². The van der Waals surface area contributed by atoms with Crippen molar-refractivity contribution in [2.75, 3.05) is 19.6 Å². The van der Waals surface area contributed by atoms with E-state index in [1.807, 2.05) is 4.90 Å². The van der Waals surface area contributed by atoms with Gasteiger partial charge in [0.1, 0.15) is 0 Å². The van der Waals surface area contributed by atoms with Crippen molar-refractivity contribution in [2.24, 2.45) is 17.1 Å². The summed E-state index contributed by atoms with van der Waals surface area (Å²) in [6, 6.07) is 0.137. The summed E-state index contributed by atoms with van der Waals surface area (Å²) in [6.45, 7) is 5.68. The highest BCUT2D eigenvalue weighted by atomic mass is 35.5. The summed E-state index contributed by atoms with van der Waals surface area (Å²) in [7, 11) is 0. The number of nitrogens with one attached hydrogen (secondary N) is 1. The maximum atomic E-state index is 12.3. The van der Waals surface area contributed by atoms with Gasteiger partial charge in [-0.1, -0.05) is 33.1 Å². The maximum Gasteiger partial charge on any atom is 0.241 e. The van der Waals surface area contributed by atoms with Gasteiger partial charge >= 0.3 is 0 Å². The Balaban J connectivity index is 0.00000264. The van der Waals surface area contributed by atoms with Gasteiger partial charge in [0.05, 0.1) is 6.54 Å². The molecule has 0 aromatic rings. The Kier molecular flexibility index (Phi) is 7.81. The van der Waals surface area contributed by atoms with Crippen LogP contribution in [0.5, 0.6) is 0 Å². The van der Waals surface area contributed by atoms with Gasteiger partial charge in [-0.05, 0) is 30.6 Å². The van der Waals surface area contributed by atoms with Crippen molar-refractivity contribution in [3.8, 4) is 0 Å². The lowest BCUT2D eigenvalue weighted by atomic mass is 9.79. The quantitative estimate of drug-likeness (QED) is 0.819. The largest absolute Gasteiger partial charge is 0.347 e. The summed E-state index contributed by atoms with van der Waals surface area (Å²) < 4.78 is 0. The molecule has 1 saturated heterocycles. The molecular formula is C17H32ClN3O2. The molecule has 2 rings (SSSR count). The van der Waals surface area contributed by atoms with Crippen molar-refractivity contribution in [1.82, 2.24) is 10.2 Å². The summed E-state index contributed by atoms with van der Waals surface area (Å²) in [4.78, 5) is 26.1. The highest BCUT2D eigenvalue weighted by Crippen LogP contribution is 2.28. The van der Waals surface area contributed by atoms with Crippen LogP contribution < -0.4 is 11.1 Å². The summed E-state index contributed by atoms with van der Waals surface area (Å²) in [5, 5.41) is 2.80. The summed E-state index contributed by atoms with van der Waals surface area (Å²) in [5.74, 6) is 0.543. The van der Waals surface area contributed by atoms with Crippen LogP contribution in [0.25, 0.3) is 0 Å². The Bertz CT molecular complexity index is 409. The van der Waals surface area contributed by atoms with Crippen molar-refractivity contribution in [2.45, 2.75) is 64.8 Å². The predicted molar refractivity (Wildman–Crippen MR) is 94.4 cm³/mol. The fraction of sp³-hybridized carbons (Fsp3) is 0.882. The van der Waals surface area contributed by atoms with Gasteiger partial charge in [0.2, 0.25) is 11.8 Å². The lowest BCUT2D eigenvalue weighted by Crippen LogP contribution is -2.55. The van der Waals surface area contributed by atoms with Gasteiger partial charge < -0.3 is 16.0 Å². The molecule has 2 amide bonds. The van der Waals surface area contributed by atoms with Crippen molar-refractivity contribution >= 4 is 24.2 Å². The minimum absolute atomic E-state index is 0. The topological polar surface area (TPSA) is 75.4 Å². The van der Waals surface area contributed by atoms with E-state index in [1.165, 1.54) is 19.3 Å². The van der Waals surface area contributed by atoms with Crippen LogP contribution in [-0.2, 0) is 9.59 Å². The minimum Gasteiger partial charge on any atom is -0.347 e. The zero-order valence-corrected chi connectivity index (χ0v) is 15.3. The first-order valence-corrected chi connectivity index (χ1v) is 8.68. The van der Waals surface area contributed by atoms with Crippen molar-refractivity contribution < 1.29 is 9.59 Å². The zero-order valence-electron chi connectivity index (χ0n) is 14.5. The first-order valence-electron chi connectivity index (χ1n) is 8.68. The molecule has 1 unspecified atom stereocenters. The first-order chi connectivity index (χ1) is 10.4. The van der Waals surface area contributed by atoms with Crippen LogP contribution in [0.4, 0.5) is 0 Å². The van der Waals surface area contributed by atoms with Crippen LogP contribution in [0.1, 0.15) is 58.8 Å². The molecule has 1 heterocycles. The molecule has 0 bridgehead atoms.